The van der Waals surface area contributed by atoms with Crippen LogP contribution in [0, 0.1) is 0 Å². The molecular formula is C16H20BrN4O6PS. The van der Waals surface area contributed by atoms with Gasteiger partial charge in [-0.15, -0.1) is 0 Å². The van der Waals surface area contributed by atoms with Crippen molar-refractivity contribution in [2.24, 2.45) is 0 Å². The summed E-state index contributed by atoms with van der Waals surface area (Å²) in [6.07, 6.45) is 1.36. The van der Waals surface area contributed by atoms with Gasteiger partial charge in [0.1, 0.15) is 4.60 Å². The number of hydrogen-bond acceptors (Lipinski definition) is 9. The molecule has 2 rings (SSSR count). The fraction of sp³-hybridized carbons (Fsp3) is 0.312. The number of rotatable bonds is 9. The van der Waals surface area contributed by atoms with Crippen molar-refractivity contribution in [2.45, 2.75) is 18.7 Å². The van der Waals surface area contributed by atoms with Crippen LogP contribution in [0.25, 0.3) is 0 Å². The molecule has 0 aliphatic heterocycles. The van der Waals surface area contributed by atoms with E-state index in [4.69, 9.17) is 14.8 Å². The minimum atomic E-state index is -3.95. The van der Waals surface area contributed by atoms with Gasteiger partial charge in [-0.05, 0) is 54.0 Å². The minimum Gasteiger partial charge on any atom is -0.382 e. The fourth-order valence-corrected chi connectivity index (χ4v) is 6.82. The molecule has 2 aromatic rings. The Bertz CT molecular complexity index is 1020. The second-order valence-electron chi connectivity index (χ2n) is 5.60. The normalized spacial score (nSPS) is 12.0. The van der Waals surface area contributed by atoms with Gasteiger partial charge in [0.2, 0.25) is 0 Å². The van der Waals surface area contributed by atoms with Gasteiger partial charge in [0.15, 0.2) is 26.8 Å². The lowest BCUT2D eigenvalue weighted by Gasteiger charge is -2.17. The van der Waals surface area contributed by atoms with Crippen LogP contribution in [-0.4, -0.2) is 43.0 Å². The van der Waals surface area contributed by atoms with E-state index in [1.165, 1.54) is 30.5 Å². The Labute approximate surface area is 176 Å². The van der Waals surface area contributed by atoms with Crippen LogP contribution in [0.1, 0.15) is 24.3 Å². The molecule has 0 aliphatic carbocycles. The maximum Gasteiger partial charge on any atom is 0.346 e. The van der Waals surface area contributed by atoms with Crippen molar-refractivity contribution in [2.75, 3.05) is 29.8 Å². The Morgan fingerprint density at radius 3 is 2.34 bits per heavy atom. The van der Waals surface area contributed by atoms with Gasteiger partial charge >= 0.3 is 7.60 Å². The van der Waals surface area contributed by atoms with Crippen molar-refractivity contribution in [3.8, 4) is 0 Å². The van der Waals surface area contributed by atoms with E-state index in [1.54, 1.807) is 13.8 Å². The number of anilines is 2. The van der Waals surface area contributed by atoms with Crippen LogP contribution in [0.2, 0.25) is 0 Å². The zero-order valence-electron chi connectivity index (χ0n) is 15.7. The maximum atomic E-state index is 12.6. The van der Waals surface area contributed by atoms with E-state index in [9.17, 15) is 17.8 Å². The molecule has 1 amide bonds. The molecular weight excluding hydrogens is 487 g/mol. The number of nitrogens with zero attached hydrogens (tertiary/aromatic N) is 2. The molecule has 1 heterocycles. The molecule has 13 heteroatoms. The van der Waals surface area contributed by atoms with Crippen LogP contribution in [0.3, 0.4) is 0 Å². The SMILES string of the molecule is CCOP(=O)(CS(=O)(=O)c1ccc(NC(=O)c2nc(Br)cnc2N)cc1)OCC. The molecule has 0 aliphatic rings. The minimum absolute atomic E-state index is 0.0486. The van der Waals surface area contributed by atoms with Gasteiger partial charge in [0.25, 0.3) is 5.91 Å². The van der Waals surface area contributed by atoms with E-state index in [2.05, 4.69) is 31.2 Å². The van der Waals surface area contributed by atoms with Crippen LogP contribution >= 0.6 is 23.5 Å². The number of nitrogens with one attached hydrogen (secondary N) is 1. The standard InChI is InChI=1S/C16H20BrN4O6PS/c1-3-26-28(23,27-4-2)10-29(24,25)12-7-5-11(6-8-12)20-16(22)14-15(18)19-9-13(17)21-14/h5-9H,3-4,10H2,1-2H3,(H2,18,19)(H,20,22). The summed E-state index contributed by atoms with van der Waals surface area (Å²) >= 11 is 3.11. The zero-order valence-corrected chi connectivity index (χ0v) is 19.0. The fourth-order valence-electron chi connectivity index (χ4n) is 2.27. The van der Waals surface area contributed by atoms with Crippen LogP contribution in [0.15, 0.2) is 40.0 Å². The van der Waals surface area contributed by atoms with Gasteiger partial charge in [0.05, 0.1) is 24.3 Å². The molecule has 0 atom stereocenters. The number of carbonyl (C=O) groups is 1. The second-order valence-corrected chi connectivity index (χ2v) is 10.9. The molecule has 0 unspecified atom stereocenters. The molecule has 0 fully saturated rings. The third-order valence-electron chi connectivity index (χ3n) is 3.44. The summed E-state index contributed by atoms with van der Waals surface area (Å²) in [5.41, 5.74) is 5.10. The van der Waals surface area contributed by atoms with Gasteiger partial charge in [-0.3, -0.25) is 9.36 Å². The summed E-state index contributed by atoms with van der Waals surface area (Å²) in [5.74, 6) is -0.656. The van der Waals surface area contributed by atoms with Crippen molar-refractivity contribution in [1.82, 2.24) is 9.97 Å². The summed E-state index contributed by atoms with van der Waals surface area (Å²) in [6, 6.07) is 5.34. The van der Waals surface area contributed by atoms with Gasteiger partial charge in [0, 0.05) is 5.69 Å². The number of halogens is 1. The van der Waals surface area contributed by atoms with Gasteiger partial charge in [-0.25, -0.2) is 18.4 Å². The highest BCUT2D eigenvalue weighted by atomic mass is 79.9. The number of sulfone groups is 1. The number of benzene rings is 1. The molecule has 29 heavy (non-hydrogen) atoms. The van der Waals surface area contributed by atoms with Crippen LogP contribution in [-0.2, 0) is 23.4 Å². The highest BCUT2D eigenvalue weighted by Crippen LogP contribution is 2.50. The molecule has 158 valence electrons. The molecule has 1 aromatic carbocycles. The smallest absolute Gasteiger partial charge is 0.346 e. The maximum absolute atomic E-state index is 12.6. The number of hydrogen-bond donors (Lipinski definition) is 2. The second kappa shape index (κ2) is 9.77. The lowest BCUT2D eigenvalue weighted by molar-refractivity contribution is 0.102. The predicted octanol–water partition coefficient (Wildman–Crippen LogP) is 3.07. The van der Waals surface area contributed by atoms with Crippen LogP contribution in [0.4, 0.5) is 11.5 Å². The van der Waals surface area contributed by atoms with E-state index < -0.39 is 28.8 Å². The van der Waals surface area contributed by atoms with E-state index in [0.717, 1.165) is 0 Å². The van der Waals surface area contributed by atoms with Crippen LogP contribution in [0.5, 0.6) is 0 Å². The molecule has 0 saturated carbocycles. The summed E-state index contributed by atoms with van der Waals surface area (Å²) < 4.78 is 48.1. The van der Waals surface area contributed by atoms with Crippen LogP contribution < -0.4 is 11.1 Å². The third-order valence-corrected chi connectivity index (χ3v) is 8.74. The summed E-state index contributed by atoms with van der Waals surface area (Å²) in [7, 11) is -7.73. The summed E-state index contributed by atoms with van der Waals surface area (Å²) in [4.78, 5) is 20.0. The highest BCUT2D eigenvalue weighted by molar-refractivity contribution is 9.10. The van der Waals surface area contributed by atoms with Gasteiger partial charge < -0.3 is 20.1 Å². The first-order valence-corrected chi connectivity index (χ1v) is 12.6. The number of carbonyl (C=O) groups excluding carboxylic acids is 1. The van der Waals surface area contributed by atoms with E-state index in [1.807, 2.05) is 0 Å². The first-order chi connectivity index (χ1) is 13.6. The van der Waals surface area contributed by atoms with Crippen molar-refractivity contribution < 1.29 is 26.8 Å². The molecule has 0 saturated heterocycles. The largest absolute Gasteiger partial charge is 0.382 e. The lowest BCUT2D eigenvalue weighted by atomic mass is 10.3. The average molecular weight is 507 g/mol. The molecule has 10 nitrogen and oxygen atoms in total. The van der Waals surface area contributed by atoms with E-state index >= 15 is 0 Å². The van der Waals surface area contributed by atoms with Crippen molar-refractivity contribution >= 4 is 50.8 Å². The Kier molecular flexibility index (Phi) is 7.89. The molecule has 1 aromatic heterocycles. The quantitative estimate of drug-likeness (QED) is 0.488. The number of nitrogen functional groups attached to an aromatic ring is 1. The van der Waals surface area contributed by atoms with E-state index in [0.29, 0.717) is 10.3 Å². The monoisotopic (exact) mass is 506 g/mol. The predicted molar refractivity (Wildman–Crippen MR) is 111 cm³/mol. The Morgan fingerprint density at radius 2 is 1.79 bits per heavy atom. The van der Waals surface area contributed by atoms with Gasteiger partial charge in [-0.2, -0.15) is 0 Å². The van der Waals surface area contributed by atoms with E-state index in [-0.39, 0.29) is 29.6 Å². The van der Waals surface area contributed by atoms with Crippen molar-refractivity contribution in [1.29, 1.82) is 0 Å². The first-order valence-electron chi connectivity index (χ1n) is 8.40. The molecule has 0 radical (unpaired) electrons. The number of amides is 1. The lowest BCUT2D eigenvalue weighted by Crippen LogP contribution is -2.17. The Balaban J connectivity index is 2.17. The number of aromatic nitrogens is 2. The summed E-state index contributed by atoms with van der Waals surface area (Å²) in [5, 5.41) is 2.55. The molecule has 0 bridgehead atoms. The van der Waals surface area contributed by atoms with Crippen molar-refractivity contribution in [3.05, 3.63) is 40.8 Å². The zero-order chi connectivity index (χ0) is 21.7. The molecule has 3 N–H and O–H groups in total. The van der Waals surface area contributed by atoms with Gasteiger partial charge in [-0.1, -0.05) is 0 Å². The highest BCUT2D eigenvalue weighted by Gasteiger charge is 2.32. The Hall–Kier alpha value is -1.85. The topological polar surface area (TPSA) is 151 Å². The Morgan fingerprint density at radius 1 is 1.21 bits per heavy atom. The first kappa shape index (κ1) is 23.4. The third kappa shape index (κ3) is 6.31. The summed E-state index contributed by atoms with van der Waals surface area (Å²) in [6.45, 7) is 3.30. The van der Waals surface area contributed by atoms with Crippen molar-refractivity contribution in [3.63, 3.8) is 0 Å². The average Bonchev–Trinajstić information content (AvgIpc) is 2.64. The number of nitrogens with two attached hydrogens (primary N) is 1. The molecule has 0 spiro atoms.